The Morgan fingerprint density at radius 1 is 1.12 bits per heavy atom. The van der Waals surface area contributed by atoms with Crippen molar-refractivity contribution < 1.29 is 39.6 Å². The lowest BCUT2D eigenvalue weighted by atomic mass is 9.57. The summed E-state index contributed by atoms with van der Waals surface area (Å²) in [5.41, 5.74) is 3.92. The fraction of sp³-hybridized carbons (Fsp3) is 0.355. The smallest absolute Gasteiger partial charge is 0.255 e. The quantitative estimate of drug-likeness (QED) is 0.238. The number of primary amides is 1. The first-order valence-electron chi connectivity index (χ1n) is 13.5. The van der Waals surface area contributed by atoms with Crippen LogP contribution in [0.3, 0.4) is 0 Å². The van der Waals surface area contributed by atoms with Gasteiger partial charge >= 0.3 is 0 Å². The molecule has 0 aliphatic heterocycles. The van der Waals surface area contributed by atoms with Crippen molar-refractivity contribution in [2.75, 3.05) is 20.0 Å². The molecule has 3 aliphatic carbocycles. The van der Waals surface area contributed by atoms with Crippen LogP contribution in [0.2, 0.25) is 0 Å². The molecule has 220 valence electrons. The number of nitrogens with two attached hydrogens (primary N) is 1. The van der Waals surface area contributed by atoms with Crippen LogP contribution in [0.5, 0.6) is 5.75 Å². The van der Waals surface area contributed by atoms with Crippen molar-refractivity contribution in [1.82, 2.24) is 4.90 Å². The molecule has 3 aliphatic rings. The molecule has 0 radical (unpaired) electrons. The van der Waals surface area contributed by atoms with Crippen molar-refractivity contribution in [2.45, 2.75) is 37.3 Å². The molecule has 2 aromatic carbocycles. The molecule has 10 nitrogen and oxygen atoms in total. The highest BCUT2D eigenvalue weighted by molar-refractivity contribution is 6.27. The van der Waals surface area contributed by atoms with Crippen LogP contribution in [0.15, 0.2) is 53.3 Å². The molecule has 0 aromatic heterocycles. The molecule has 5 rings (SSSR count). The Balaban J connectivity index is 1.75. The van der Waals surface area contributed by atoms with Crippen molar-refractivity contribution in [3.63, 3.8) is 0 Å². The summed E-state index contributed by atoms with van der Waals surface area (Å²) >= 11 is 5.67. The SMILES string of the molecule is CN(C)[C@@H]1C(=O)C(C(N)=O)=C(O)[C@@]2(O)C(=O)C3=C(O)c4c(O)c(CCC(=O)CCl)cc(-c5ccccc5)c4C[C@H]3C[C@@H]12. The van der Waals surface area contributed by atoms with Gasteiger partial charge in [0.05, 0.1) is 17.5 Å². The number of nitrogens with zero attached hydrogens (tertiary/aromatic N) is 1. The summed E-state index contributed by atoms with van der Waals surface area (Å²) in [6.07, 6.45) is 0.313. The lowest BCUT2D eigenvalue weighted by Gasteiger charge is -2.50. The Morgan fingerprint density at radius 2 is 1.79 bits per heavy atom. The molecule has 0 unspecified atom stereocenters. The van der Waals surface area contributed by atoms with Crippen molar-refractivity contribution >= 4 is 40.6 Å². The fourth-order valence-electron chi connectivity index (χ4n) is 6.77. The van der Waals surface area contributed by atoms with E-state index in [1.165, 1.54) is 4.90 Å². The molecule has 42 heavy (non-hydrogen) atoms. The summed E-state index contributed by atoms with van der Waals surface area (Å²) in [5, 5.41) is 45.9. The molecular formula is C31H31ClN2O8. The molecule has 6 N–H and O–H groups in total. The van der Waals surface area contributed by atoms with Gasteiger partial charge in [-0.3, -0.25) is 24.1 Å². The number of phenolic OH excluding ortho intramolecular Hbond substituents is 1. The minimum atomic E-state index is -2.72. The van der Waals surface area contributed by atoms with Crippen molar-refractivity contribution in [3.05, 3.63) is 70.0 Å². The third-order valence-corrected chi connectivity index (χ3v) is 9.00. The Hall–Kier alpha value is -3.99. The maximum absolute atomic E-state index is 14.1. The minimum Gasteiger partial charge on any atom is -0.508 e. The average molecular weight is 595 g/mol. The number of halogens is 1. The molecule has 11 heteroatoms. The first kappa shape index (κ1) is 29.5. The summed E-state index contributed by atoms with van der Waals surface area (Å²) < 4.78 is 0. The van der Waals surface area contributed by atoms with E-state index in [-0.39, 0.29) is 54.2 Å². The number of aryl methyl sites for hydroxylation is 1. The predicted octanol–water partition coefficient (Wildman–Crippen LogP) is 2.37. The highest BCUT2D eigenvalue weighted by atomic mass is 35.5. The normalized spacial score (nSPS) is 25.3. The van der Waals surface area contributed by atoms with Crippen molar-refractivity contribution in [1.29, 1.82) is 0 Å². The number of aliphatic hydroxyl groups is 3. The van der Waals surface area contributed by atoms with E-state index in [1.54, 1.807) is 20.2 Å². The third-order valence-electron chi connectivity index (χ3n) is 8.71. The Morgan fingerprint density at radius 3 is 2.38 bits per heavy atom. The van der Waals surface area contributed by atoms with Gasteiger partial charge in [-0.1, -0.05) is 30.3 Å². The molecule has 4 atom stereocenters. The first-order chi connectivity index (χ1) is 19.8. The zero-order valence-electron chi connectivity index (χ0n) is 23.1. The molecule has 0 heterocycles. The van der Waals surface area contributed by atoms with Gasteiger partial charge in [-0.25, -0.2) is 0 Å². The van der Waals surface area contributed by atoms with Gasteiger partial charge in [0.1, 0.15) is 28.6 Å². The maximum Gasteiger partial charge on any atom is 0.255 e. The zero-order chi connectivity index (χ0) is 30.7. The monoisotopic (exact) mass is 594 g/mol. The van der Waals surface area contributed by atoms with E-state index in [4.69, 9.17) is 17.3 Å². The molecule has 1 amide bonds. The number of carbonyl (C=O) groups is 4. The van der Waals surface area contributed by atoms with E-state index in [0.717, 1.165) is 5.56 Å². The number of aromatic hydroxyl groups is 1. The average Bonchev–Trinajstić information content (AvgIpc) is 2.94. The van der Waals surface area contributed by atoms with Gasteiger partial charge in [-0.05, 0) is 67.6 Å². The van der Waals surface area contributed by atoms with Crippen molar-refractivity contribution in [2.24, 2.45) is 17.6 Å². The van der Waals surface area contributed by atoms with Crippen LogP contribution in [0.25, 0.3) is 16.9 Å². The molecule has 1 fully saturated rings. The molecule has 0 bridgehead atoms. The number of amides is 1. The van der Waals surface area contributed by atoms with E-state index in [0.29, 0.717) is 16.7 Å². The van der Waals surface area contributed by atoms with Crippen LogP contribution in [0.4, 0.5) is 0 Å². The summed E-state index contributed by atoms with van der Waals surface area (Å²) in [6.45, 7) is 0. The van der Waals surface area contributed by atoms with Crippen LogP contribution in [0.1, 0.15) is 29.5 Å². The van der Waals surface area contributed by atoms with Gasteiger partial charge in [0.15, 0.2) is 11.4 Å². The second-order valence-electron chi connectivity index (χ2n) is 11.3. The van der Waals surface area contributed by atoms with Gasteiger partial charge in [0.25, 0.3) is 5.91 Å². The van der Waals surface area contributed by atoms with E-state index >= 15 is 0 Å². The maximum atomic E-state index is 14.1. The van der Waals surface area contributed by atoms with E-state index < -0.39 is 58.0 Å². The Bertz CT molecular complexity index is 1600. The number of ketones is 3. The van der Waals surface area contributed by atoms with Gasteiger partial charge in [0.2, 0.25) is 5.78 Å². The number of likely N-dealkylation sites (N-methyl/N-ethyl adjacent to an activating group) is 1. The topological polar surface area (TPSA) is 178 Å². The number of hydrogen-bond acceptors (Lipinski definition) is 9. The summed E-state index contributed by atoms with van der Waals surface area (Å²) in [6, 6.07) is 9.82. The highest BCUT2D eigenvalue weighted by Crippen LogP contribution is 2.54. The van der Waals surface area contributed by atoms with Crippen LogP contribution >= 0.6 is 11.6 Å². The van der Waals surface area contributed by atoms with Crippen LogP contribution < -0.4 is 5.73 Å². The van der Waals surface area contributed by atoms with Crippen LogP contribution in [-0.2, 0) is 32.0 Å². The molecule has 1 saturated carbocycles. The van der Waals surface area contributed by atoms with Gasteiger partial charge < -0.3 is 26.2 Å². The summed E-state index contributed by atoms with van der Waals surface area (Å²) in [4.78, 5) is 53.0. The number of benzene rings is 2. The van der Waals surface area contributed by atoms with Crippen LogP contribution in [0, 0.1) is 11.8 Å². The van der Waals surface area contributed by atoms with E-state index in [9.17, 15) is 39.6 Å². The highest BCUT2D eigenvalue weighted by Gasteiger charge is 2.64. The van der Waals surface area contributed by atoms with Crippen molar-refractivity contribution in [3.8, 4) is 16.9 Å². The van der Waals surface area contributed by atoms with Gasteiger partial charge in [-0.15, -0.1) is 11.6 Å². The fourth-order valence-corrected chi connectivity index (χ4v) is 6.91. The number of rotatable bonds is 7. The van der Waals surface area contributed by atoms with Crippen LogP contribution in [-0.4, -0.2) is 80.2 Å². The number of hydrogen-bond donors (Lipinski definition) is 5. The Labute approximate surface area is 246 Å². The number of aliphatic hydroxyl groups excluding tert-OH is 2. The summed E-state index contributed by atoms with van der Waals surface area (Å²) in [7, 11) is 3.10. The Kier molecular flexibility index (Phi) is 7.51. The van der Waals surface area contributed by atoms with E-state index in [1.807, 2.05) is 30.3 Å². The number of Topliss-reactive ketones (excluding diaryl/α,β-unsaturated/α-hetero) is 3. The van der Waals surface area contributed by atoms with E-state index in [2.05, 4.69) is 0 Å². The number of fused-ring (bicyclic) bond motifs is 3. The second kappa shape index (κ2) is 10.7. The number of alkyl halides is 1. The zero-order valence-corrected chi connectivity index (χ0v) is 23.8. The predicted molar refractivity (Wildman–Crippen MR) is 154 cm³/mol. The molecule has 0 saturated heterocycles. The first-order valence-corrected chi connectivity index (χ1v) is 14.0. The van der Waals surface area contributed by atoms with Gasteiger partial charge in [0, 0.05) is 17.9 Å². The summed E-state index contributed by atoms with van der Waals surface area (Å²) in [5.74, 6) is -7.49. The van der Waals surface area contributed by atoms with Gasteiger partial charge in [-0.2, -0.15) is 0 Å². The second-order valence-corrected chi connectivity index (χ2v) is 11.6. The minimum absolute atomic E-state index is 0.00721. The number of carbonyl (C=O) groups excluding carboxylic acids is 4. The largest absolute Gasteiger partial charge is 0.508 e. The molecule has 2 aromatic rings. The molecule has 0 spiro atoms. The number of phenols is 1. The molecular weight excluding hydrogens is 564 g/mol. The lowest BCUT2D eigenvalue weighted by Crippen LogP contribution is -2.65. The standard InChI is InChI=1S/C31H31ClN2O8/c1-34(2)24-20-12-16-11-19-18(14-6-4-3-5-7-14)10-15(8-9-17(35)13-32)25(36)22(19)26(37)21(16)28(39)31(20,42)29(40)23(27(24)38)30(33)41/h3-7,10,16,20,24,36-37,40,42H,8-9,11-13H2,1-2H3,(H2,33,41)/t16-,20-,24-,31-/m0/s1. The third kappa shape index (κ3) is 4.33. The lowest BCUT2D eigenvalue weighted by molar-refractivity contribution is -0.153.